The van der Waals surface area contributed by atoms with Crippen LogP contribution in [0.2, 0.25) is 0 Å². The molecule has 0 fully saturated rings. The molecule has 1 N–H and O–H groups in total. The molecule has 0 aliphatic rings. The molecule has 27 heavy (non-hydrogen) atoms. The Hall–Kier alpha value is -3.55. The van der Waals surface area contributed by atoms with Gasteiger partial charge < -0.3 is 9.47 Å². The molecule has 1 heterocycles. The quantitative estimate of drug-likeness (QED) is 0.548. The first-order valence-electron chi connectivity index (χ1n) is 8.16. The highest BCUT2D eigenvalue weighted by Crippen LogP contribution is 2.22. The maximum Gasteiger partial charge on any atom is 0.328 e. The van der Waals surface area contributed by atoms with E-state index in [1.165, 1.54) is 20.4 Å². The molecule has 1 amide bonds. The minimum atomic E-state index is -0.392. The molecule has 0 bridgehead atoms. The SMILES string of the molecule is COc1cc(OC)cc(C(=O)NN=Cc2ccc3c(c2)n(C)c(=O)n3C)c1. The Morgan fingerprint density at radius 2 is 1.63 bits per heavy atom. The van der Waals surface area contributed by atoms with Gasteiger partial charge in [0.05, 0.1) is 31.5 Å². The number of nitrogens with one attached hydrogen (secondary N) is 1. The van der Waals surface area contributed by atoms with E-state index in [1.807, 2.05) is 18.2 Å². The van der Waals surface area contributed by atoms with E-state index in [0.29, 0.717) is 17.1 Å². The van der Waals surface area contributed by atoms with Gasteiger partial charge in [-0.15, -0.1) is 0 Å². The molecule has 0 radical (unpaired) electrons. The molecule has 2 aromatic carbocycles. The number of hydrazone groups is 1. The maximum absolute atomic E-state index is 12.3. The standard InChI is InChI=1S/C19H20N4O4/c1-22-16-6-5-12(7-17(16)23(2)19(22)25)11-20-21-18(24)13-8-14(26-3)10-15(9-13)27-4/h5-11H,1-4H3,(H,21,24). The zero-order valence-corrected chi connectivity index (χ0v) is 15.5. The monoisotopic (exact) mass is 368 g/mol. The van der Waals surface area contributed by atoms with Crippen molar-refractivity contribution in [1.82, 2.24) is 14.6 Å². The van der Waals surface area contributed by atoms with Crippen molar-refractivity contribution in [1.29, 1.82) is 0 Å². The summed E-state index contributed by atoms with van der Waals surface area (Å²) in [6.45, 7) is 0. The molecule has 1 aromatic heterocycles. The Morgan fingerprint density at radius 3 is 2.26 bits per heavy atom. The molecule has 0 saturated heterocycles. The van der Waals surface area contributed by atoms with Crippen LogP contribution in [0.3, 0.4) is 0 Å². The van der Waals surface area contributed by atoms with Crippen LogP contribution in [0, 0.1) is 0 Å². The van der Waals surface area contributed by atoms with Crippen molar-refractivity contribution in [3.63, 3.8) is 0 Å². The Balaban J connectivity index is 1.79. The second kappa shape index (κ2) is 7.36. The summed E-state index contributed by atoms with van der Waals surface area (Å²) >= 11 is 0. The Bertz CT molecular complexity index is 1070. The summed E-state index contributed by atoms with van der Waals surface area (Å²) in [5, 5.41) is 3.99. The lowest BCUT2D eigenvalue weighted by atomic mass is 10.2. The fourth-order valence-corrected chi connectivity index (χ4v) is 2.77. The number of amides is 1. The van der Waals surface area contributed by atoms with Crippen molar-refractivity contribution in [3.05, 3.63) is 58.0 Å². The first kappa shape index (κ1) is 18.2. The summed E-state index contributed by atoms with van der Waals surface area (Å²) in [5.41, 5.74) is 5.11. The number of ether oxygens (including phenoxy) is 2. The average molecular weight is 368 g/mol. The topological polar surface area (TPSA) is 86.8 Å². The predicted octanol–water partition coefficient (Wildman–Crippen LogP) is 1.66. The summed E-state index contributed by atoms with van der Waals surface area (Å²) < 4.78 is 13.5. The third-order valence-corrected chi connectivity index (χ3v) is 4.29. The Morgan fingerprint density at radius 1 is 1.00 bits per heavy atom. The summed E-state index contributed by atoms with van der Waals surface area (Å²) in [6, 6.07) is 10.4. The molecular weight excluding hydrogens is 348 g/mol. The van der Waals surface area contributed by atoms with E-state index >= 15 is 0 Å². The van der Waals surface area contributed by atoms with Gasteiger partial charge in [0.25, 0.3) is 5.91 Å². The molecule has 0 aliphatic carbocycles. The molecule has 3 rings (SSSR count). The van der Waals surface area contributed by atoms with E-state index in [2.05, 4.69) is 10.5 Å². The third-order valence-electron chi connectivity index (χ3n) is 4.29. The largest absolute Gasteiger partial charge is 0.497 e. The summed E-state index contributed by atoms with van der Waals surface area (Å²) in [7, 11) is 6.47. The van der Waals surface area contributed by atoms with Gasteiger partial charge in [0.15, 0.2) is 0 Å². The van der Waals surface area contributed by atoms with Crippen LogP contribution in [-0.2, 0) is 14.1 Å². The van der Waals surface area contributed by atoms with Gasteiger partial charge in [-0.05, 0) is 29.8 Å². The van der Waals surface area contributed by atoms with Crippen LogP contribution in [-0.4, -0.2) is 35.5 Å². The van der Waals surface area contributed by atoms with Crippen molar-refractivity contribution in [2.75, 3.05) is 14.2 Å². The van der Waals surface area contributed by atoms with Gasteiger partial charge in [0, 0.05) is 25.7 Å². The van der Waals surface area contributed by atoms with Gasteiger partial charge >= 0.3 is 5.69 Å². The number of carbonyl (C=O) groups is 1. The van der Waals surface area contributed by atoms with E-state index in [0.717, 1.165) is 16.6 Å². The molecular formula is C19H20N4O4. The highest BCUT2D eigenvalue weighted by atomic mass is 16.5. The number of aryl methyl sites for hydroxylation is 2. The molecule has 0 unspecified atom stereocenters. The molecule has 140 valence electrons. The van der Waals surface area contributed by atoms with Gasteiger partial charge in [-0.25, -0.2) is 10.2 Å². The number of nitrogens with zero attached hydrogens (tertiary/aromatic N) is 3. The van der Waals surface area contributed by atoms with Gasteiger partial charge in [-0.2, -0.15) is 5.10 Å². The summed E-state index contributed by atoms with van der Waals surface area (Å²) in [4.78, 5) is 24.3. The summed E-state index contributed by atoms with van der Waals surface area (Å²) in [5.74, 6) is 0.634. The molecule has 0 atom stereocenters. The molecule has 0 aliphatic heterocycles. The van der Waals surface area contributed by atoms with Crippen LogP contribution in [0.4, 0.5) is 0 Å². The molecule has 8 nitrogen and oxygen atoms in total. The number of benzene rings is 2. The first-order valence-corrected chi connectivity index (χ1v) is 8.16. The fraction of sp³-hybridized carbons (Fsp3) is 0.211. The van der Waals surface area contributed by atoms with Crippen molar-refractivity contribution < 1.29 is 14.3 Å². The van der Waals surface area contributed by atoms with Crippen LogP contribution in [0.25, 0.3) is 11.0 Å². The molecule has 3 aromatic rings. The number of rotatable bonds is 5. The van der Waals surface area contributed by atoms with E-state index in [-0.39, 0.29) is 5.69 Å². The average Bonchev–Trinajstić information content (AvgIpc) is 2.91. The highest BCUT2D eigenvalue weighted by Gasteiger charge is 2.10. The van der Waals surface area contributed by atoms with Gasteiger partial charge in [-0.3, -0.25) is 13.9 Å². The van der Waals surface area contributed by atoms with Crippen molar-refractivity contribution >= 4 is 23.2 Å². The van der Waals surface area contributed by atoms with Crippen LogP contribution in [0.15, 0.2) is 46.3 Å². The van der Waals surface area contributed by atoms with Crippen molar-refractivity contribution in [3.8, 4) is 11.5 Å². The lowest BCUT2D eigenvalue weighted by Gasteiger charge is -2.07. The third kappa shape index (κ3) is 3.55. The number of fused-ring (bicyclic) bond motifs is 1. The zero-order chi connectivity index (χ0) is 19.6. The van der Waals surface area contributed by atoms with E-state index in [4.69, 9.17) is 9.47 Å². The number of aromatic nitrogens is 2. The van der Waals surface area contributed by atoms with Gasteiger partial charge in [-0.1, -0.05) is 6.07 Å². The second-order valence-corrected chi connectivity index (χ2v) is 5.95. The summed E-state index contributed by atoms with van der Waals surface area (Å²) in [6.07, 6.45) is 1.52. The molecule has 8 heteroatoms. The lowest BCUT2D eigenvalue weighted by Crippen LogP contribution is -2.19. The lowest BCUT2D eigenvalue weighted by molar-refractivity contribution is 0.0954. The number of hydrogen-bond acceptors (Lipinski definition) is 5. The zero-order valence-electron chi connectivity index (χ0n) is 15.5. The Kier molecular flexibility index (Phi) is 4.98. The highest BCUT2D eigenvalue weighted by molar-refractivity contribution is 5.96. The van der Waals surface area contributed by atoms with Crippen molar-refractivity contribution in [2.45, 2.75) is 0 Å². The number of carbonyl (C=O) groups excluding carboxylic acids is 1. The second-order valence-electron chi connectivity index (χ2n) is 5.95. The van der Waals surface area contributed by atoms with Gasteiger partial charge in [0.1, 0.15) is 11.5 Å². The van der Waals surface area contributed by atoms with E-state index < -0.39 is 5.91 Å². The van der Waals surface area contributed by atoms with E-state index in [9.17, 15) is 9.59 Å². The van der Waals surface area contributed by atoms with Crippen LogP contribution in [0.5, 0.6) is 11.5 Å². The Labute approximate surface area is 155 Å². The van der Waals surface area contributed by atoms with Crippen LogP contribution >= 0.6 is 0 Å². The maximum atomic E-state index is 12.3. The van der Waals surface area contributed by atoms with Crippen molar-refractivity contribution in [2.24, 2.45) is 19.2 Å². The molecule has 0 spiro atoms. The predicted molar refractivity (Wildman–Crippen MR) is 103 cm³/mol. The number of imidazole rings is 1. The van der Waals surface area contributed by atoms with Gasteiger partial charge in [0.2, 0.25) is 0 Å². The first-order chi connectivity index (χ1) is 12.9. The minimum absolute atomic E-state index is 0.0978. The number of hydrogen-bond donors (Lipinski definition) is 1. The fourth-order valence-electron chi connectivity index (χ4n) is 2.77. The van der Waals surface area contributed by atoms with Crippen LogP contribution < -0.4 is 20.6 Å². The minimum Gasteiger partial charge on any atom is -0.497 e. The normalized spacial score (nSPS) is 11.1. The van der Waals surface area contributed by atoms with E-state index in [1.54, 1.807) is 41.4 Å². The smallest absolute Gasteiger partial charge is 0.328 e. The van der Waals surface area contributed by atoms with Crippen LogP contribution in [0.1, 0.15) is 15.9 Å². The molecule has 0 saturated carbocycles. The number of methoxy groups -OCH3 is 2.